The van der Waals surface area contributed by atoms with Gasteiger partial charge in [0.1, 0.15) is 12.3 Å². The smallest absolute Gasteiger partial charge is 0.265 e. The minimum atomic E-state index is -4.28. The number of para-hydroxylation sites is 1. The van der Waals surface area contributed by atoms with Gasteiger partial charge in [0.15, 0.2) is 11.5 Å². The Hall–Kier alpha value is -3.08. The summed E-state index contributed by atoms with van der Waals surface area (Å²) in [5, 5.41) is 3.11. The van der Waals surface area contributed by atoms with Gasteiger partial charge in [0.25, 0.3) is 10.0 Å². The number of sulfonamides is 1. The molecular formula is C25H27ClN2O6S2. The molecule has 0 spiro atoms. The second-order valence-electron chi connectivity index (χ2n) is 7.32. The van der Waals surface area contributed by atoms with Crippen molar-refractivity contribution in [2.24, 2.45) is 0 Å². The van der Waals surface area contributed by atoms with E-state index in [1.807, 2.05) is 19.1 Å². The average molecular weight is 551 g/mol. The average Bonchev–Trinajstić information content (AvgIpc) is 2.88. The fraction of sp³-hybridized carbons (Fsp3) is 0.240. The van der Waals surface area contributed by atoms with Crippen LogP contribution in [-0.4, -0.2) is 48.0 Å². The molecule has 0 aliphatic rings. The molecule has 192 valence electrons. The van der Waals surface area contributed by atoms with Crippen molar-refractivity contribution < 1.29 is 27.4 Å². The third-order valence-electron chi connectivity index (χ3n) is 5.10. The van der Waals surface area contributed by atoms with Crippen LogP contribution in [0.15, 0.2) is 70.5 Å². The van der Waals surface area contributed by atoms with E-state index >= 15 is 0 Å². The maximum Gasteiger partial charge on any atom is 0.265 e. The van der Waals surface area contributed by atoms with E-state index < -0.39 is 22.5 Å². The maximum absolute atomic E-state index is 13.9. The molecule has 0 fully saturated rings. The van der Waals surface area contributed by atoms with Crippen LogP contribution in [0.5, 0.6) is 17.2 Å². The quantitative estimate of drug-likeness (QED) is 0.323. The first-order valence-electron chi connectivity index (χ1n) is 10.8. The summed E-state index contributed by atoms with van der Waals surface area (Å²) in [5.41, 5.74) is 0.710. The Morgan fingerprint density at radius 1 is 0.944 bits per heavy atom. The molecule has 8 nitrogen and oxygen atoms in total. The lowest BCUT2D eigenvalue weighted by Gasteiger charge is -2.26. The van der Waals surface area contributed by atoms with Gasteiger partial charge < -0.3 is 19.5 Å². The van der Waals surface area contributed by atoms with Crippen molar-refractivity contribution in [2.45, 2.75) is 16.7 Å². The third-order valence-corrected chi connectivity index (χ3v) is 8.05. The fourth-order valence-electron chi connectivity index (χ4n) is 3.43. The summed E-state index contributed by atoms with van der Waals surface area (Å²) in [7, 11) is -0.00618. The first-order chi connectivity index (χ1) is 17.2. The predicted molar refractivity (Wildman–Crippen MR) is 144 cm³/mol. The summed E-state index contributed by atoms with van der Waals surface area (Å²) in [6, 6.07) is 16.1. The van der Waals surface area contributed by atoms with Crippen molar-refractivity contribution >= 4 is 50.7 Å². The molecule has 3 aromatic rings. The van der Waals surface area contributed by atoms with E-state index in [0.29, 0.717) is 11.4 Å². The molecule has 1 amide bonds. The van der Waals surface area contributed by atoms with Crippen molar-refractivity contribution in [3.8, 4) is 17.2 Å². The van der Waals surface area contributed by atoms with E-state index in [9.17, 15) is 13.2 Å². The summed E-state index contributed by atoms with van der Waals surface area (Å²) in [5.74, 6) is 1.10. The zero-order chi connectivity index (χ0) is 26.3. The van der Waals surface area contributed by atoms with E-state index in [-0.39, 0.29) is 27.1 Å². The predicted octanol–water partition coefficient (Wildman–Crippen LogP) is 5.31. The Balaban J connectivity index is 2.07. The summed E-state index contributed by atoms with van der Waals surface area (Å²) >= 11 is 7.77. The lowest BCUT2D eigenvalue weighted by molar-refractivity contribution is -0.114. The van der Waals surface area contributed by atoms with Gasteiger partial charge in [-0.3, -0.25) is 9.10 Å². The Morgan fingerprint density at radius 2 is 1.61 bits per heavy atom. The lowest BCUT2D eigenvalue weighted by Crippen LogP contribution is -2.38. The number of nitrogens with one attached hydrogen (secondary N) is 1. The number of halogens is 1. The van der Waals surface area contributed by atoms with Gasteiger partial charge in [0.2, 0.25) is 5.91 Å². The van der Waals surface area contributed by atoms with E-state index in [2.05, 4.69) is 5.32 Å². The monoisotopic (exact) mass is 550 g/mol. The number of hydrogen-bond acceptors (Lipinski definition) is 7. The van der Waals surface area contributed by atoms with Gasteiger partial charge in [-0.1, -0.05) is 30.7 Å². The number of benzene rings is 3. The van der Waals surface area contributed by atoms with E-state index in [0.717, 1.165) is 15.0 Å². The Labute approximate surface area is 220 Å². The minimum absolute atomic E-state index is 0.100. The zero-order valence-electron chi connectivity index (χ0n) is 20.3. The second kappa shape index (κ2) is 12.2. The van der Waals surface area contributed by atoms with Gasteiger partial charge in [0.05, 0.1) is 37.6 Å². The van der Waals surface area contributed by atoms with Gasteiger partial charge in [-0.15, -0.1) is 11.8 Å². The molecule has 0 heterocycles. The number of rotatable bonds is 11. The molecule has 0 bridgehead atoms. The molecular weight excluding hydrogens is 524 g/mol. The van der Waals surface area contributed by atoms with Crippen LogP contribution < -0.4 is 23.8 Å². The number of amides is 1. The highest BCUT2D eigenvalue weighted by Gasteiger charge is 2.31. The van der Waals surface area contributed by atoms with Crippen molar-refractivity contribution in [1.82, 2.24) is 0 Å². The van der Waals surface area contributed by atoms with E-state index in [1.165, 1.54) is 45.6 Å². The zero-order valence-corrected chi connectivity index (χ0v) is 22.7. The number of hydrogen-bond donors (Lipinski definition) is 1. The standard InChI is InChI=1S/C25H27ClN2O6S2/c1-5-35-24-9-7-6-8-19(24)27-25(29)16-28(20-14-17(26)10-12-21(20)32-2)36(30,31)18-11-13-22(33-3)23(15-18)34-4/h6-15H,5,16H2,1-4H3,(H,27,29). The normalized spacial score (nSPS) is 11.0. The number of carbonyl (C=O) groups excluding carboxylic acids is 1. The maximum atomic E-state index is 13.9. The van der Waals surface area contributed by atoms with Crippen LogP contribution in [0.25, 0.3) is 0 Å². The van der Waals surface area contributed by atoms with E-state index in [1.54, 1.807) is 36.0 Å². The molecule has 1 N–H and O–H groups in total. The Bertz CT molecular complexity index is 1330. The van der Waals surface area contributed by atoms with Gasteiger partial charge in [-0.05, 0) is 48.2 Å². The molecule has 3 aromatic carbocycles. The van der Waals surface area contributed by atoms with Gasteiger partial charge in [-0.2, -0.15) is 0 Å². The van der Waals surface area contributed by atoms with Crippen LogP contribution >= 0.6 is 23.4 Å². The molecule has 0 aliphatic carbocycles. The summed E-state index contributed by atoms with van der Waals surface area (Å²) in [6.45, 7) is 1.48. The SMILES string of the molecule is CCSc1ccccc1NC(=O)CN(c1cc(Cl)ccc1OC)S(=O)(=O)c1ccc(OC)c(OC)c1. The largest absolute Gasteiger partial charge is 0.495 e. The van der Waals surface area contributed by atoms with Crippen LogP contribution in [0.1, 0.15) is 6.92 Å². The summed E-state index contributed by atoms with van der Waals surface area (Å²) in [4.78, 5) is 14.0. The number of nitrogens with zero attached hydrogens (tertiary/aromatic N) is 1. The molecule has 0 saturated carbocycles. The van der Waals surface area contributed by atoms with Crippen LogP contribution in [0, 0.1) is 0 Å². The molecule has 0 radical (unpaired) electrons. The first-order valence-corrected chi connectivity index (χ1v) is 13.7. The van der Waals surface area contributed by atoms with Gasteiger partial charge >= 0.3 is 0 Å². The third kappa shape index (κ3) is 6.18. The van der Waals surface area contributed by atoms with Crippen molar-refractivity contribution in [2.75, 3.05) is 43.2 Å². The van der Waals surface area contributed by atoms with Crippen LogP contribution in [0.3, 0.4) is 0 Å². The number of methoxy groups -OCH3 is 3. The van der Waals surface area contributed by atoms with Crippen LogP contribution in [-0.2, 0) is 14.8 Å². The molecule has 3 rings (SSSR count). The Morgan fingerprint density at radius 3 is 2.28 bits per heavy atom. The molecule has 0 aromatic heterocycles. The first kappa shape index (κ1) is 27.5. The number of thioether (sulfide) groups is 1. The summed E-state index contributed by atoms with van der Waals surface area (Å²) in [6.07, 6.45) is 0. The number of carbonyl (C=O) groups is 1. The van der Waals surface area contributed by atoms with Gasteiger partial charge in [0, 0.05) is 16.0 Å². The highest BCUT2D eigenvalue weighted by molar-refractivity contribution is 7.99. The number of ether oxygens (including phenoxy) is 3. The molecule has 0 atom stereocenters. The molecule has 0 saturated heterocycles. The second-order valence-corrected chi connectivity index (χ2v) is 10.9. The van der Waals surface area contributed by atoms with Crippen LogP contribution in [0.4, 0.5) is 11.4 Å². The molecule has 11 heteroatoms. The topological polar surface area (TPSA) is 94.2 Å². The van der Waals surface area contributed by atoms with Crippen molar-refractivity contribution in [3.05, 3.63) is 65.7 Å². The van der Waals surface area contributed by atoms with Crippen molar-refractivity contribution in [3.63, 3.8) is 0 Å². The molecule has 36 heavy (non-hydrogen) atoms. The molecule has 0 unspecified atom stereocenters. The number of anilines is 2. The van der Waals surface area contributed by atoms with Crippen molar-refractivity contribution in [1.29, 1.82) is 0 Å². The fourth-order valence-corrected chi connectivity index (χ4v) is 5.80. The lowest BCUT2D eigenvalue weighted by atomic mass is 10.3. The van der Waals surface area contributed by atoms with E-state index in [4.69, 9.17) is 25.8 Å². The van der Waals surface area contributed by atoms with Gasteiger partial charge in [-0.25, -0.2) is 8.42 Å². The Kier molecular flexibility index (Phi) is 9.36. The summed E-state index contributed by atoms with van der Waals surface area (Å²) < 4.78 is 44.6. The van der Waals surface area contributed by atoms with Crippen LogP contribution in [0.2, 0.25) is 5.02 Å². The minimum Gasteiger partial charge on any atom is -0.495 e. The molecule has 0 aliphatic heterocycles. The highest BCUT2D eigenvalue weighted by Crippen LogP contribution is 2.37. The highest BCUT2D eigenvalue weighted by atomic mass is 35.5.